The summed E-state index contributed by atoms with van der Waals surface area (Å²) >= 11 is 2.22. The van der Waals surface area contributed by atoms with E-state index in [0.29, 0.717) is 15.6 Å². The monoisotopic (exact) mass is 480 g/mol. The number of fused-ring (bicyclic) bond motifs is 2. The summed E-state index contributed by atoms with van der Waals surface area (Å²) in [5.41, 5.74) is 1.39. The van der Waals surface area contributed by atoms with Gasteiger partial charge in [-0.05, 0) is 24.6 Å². The number of anilines is 1. The number of carbonyl (C=O) groups is 3. The van der Waals surface area contributed by atoms with Crippen molar-refractivity contribution in [3.8, 4) is 0 Å². The molecule has 3 atom stereocenters. The molecular weight excluding hydrogens is 460 g/mol. The number of amides is 2. The summed E-state index contributed by atoms with van der Waals surface area (Å²) in [4.78, 5) is 53.8. The normalized spacial score (nSPS) is 21.6. The number of imide groups is 1. The summed E-state index contributed by atoms with van der Waals surface area (Å²) in [6, 6.07) is 18.3. The predicted octanol–water partition coefficient (Wildman–Crippen LogP) is 3.27. The number of carbonyl (C=O) groups excluding carboxylic acids is 3. The van der Waals surface area contributed by atoms with Crippen LogP contribution in [0.15, 0.2) is 70.5 Å². The smallest absolute Gasteiger partial charge is 0.326 e. The summed E-state index contributed by atoms with van der Waals surface area (Å²) in [6.07, 6.45) is 0. The molecule has 1 saturated heterocycles. The van der Waals surface area contributed by atoms with Gasteiger partial charge in [0, 0.05) is 10.8 Å². The van der Waals surface area contributed by atoms with E-state index in [1.165, 1.54) is 21.2 Å². The van der Waals surface area contributed by atoms with Crippen molar-refractivity contribution in [1.29, 1.82) is 0 Å². The maximum absolute atomic E-state index is 13.6. The highest BCUT2D eigenvalue weighted by Crippen LogP contribution is 2.53. The van der Waals surface area contributed by atoms with E-state index in [-0.39, 0.29) is 29.8 Å². The van der Waals surface area contributed by atoms with Crippen molar-refractivity contribution in [3.05, 3.63) is 80.8 Å². The Morgan fingerprint density at radius 3 is 2.30 bits per heavy atom. The van der Waals surface area contributed by atoms with E-state index in [9.17, 15) is 19.2 Å². The van der Waals surface area contributed by atoms with Gasteiger partial charge in [-0.2, -0.15) is 0 Å². The molecule has 0 spiro atoms. The van der Waals surface area contributed by atoms with Crippen LogP contribution < -0.4 is 9.77 Å². The molecule has 1 fully saturated rings. The first-order valence-electron chi connectivity index (χ1n) is 10.5. The van der Waals surface area contributed by atoms with Crippen LogP contribution in [-0.2, 0) is 25.7 Å². The van der Waals surface area contributed by atoms with E-state index in [0.717, 1.165) is 16.9 Å². The predicted molar refractivity (Wildman–Crippen MR) is 126 cm³/mol. The van der Waals surface area contributed by atoms with Crippen molar-refractivity contribution in [3.63, 3.8) is 0 Å². The molecule has 2 aromatic carbocycles. The van der Waals surface area contributed by atoms with Gasteiger partial charge in [0.05, 0.1) is 23.2 Å². The van der Waals surface area contributed by atoms with Crippen LogP contribution in [0, 0.1) is 5.92 Å². The number of esters is 1. The third kappa shape index (κ3) is 3.61. The van der Waals surface area contributed by atoms with Gasteiger partial charge in [-0.3, -0.25) is 23.7 Å². The van der Waals surface area contributed by atoms with Crippen molar-refractivity contribution in [2.45, 2.75) is 29.7 Å². The first-order chi connectivity index (χ1) is 16.0. The molecule has 3 unspecified atom stereocenters. The van der Waals surface area contributed by atoms with Crippen molar-refractivity contribution < 1.29 is 19.1 Å². The Kier molecular flexibility index (Phi) is 5.67. The SMILES string of the molecule is CCOC(=O)Cn1c2c(sc1=O)C(c1ccccc1)C1C(=O)N(c3ccccc3)C(=O)C1S2. The molecule has 0 N–H and O–H groups in total. The highest BCUT2D eigenvalue weighted by atomic mass is 32.2. The molecule has 2 aliphatic heterocycles. The van der Waals surface area contributed by atoms with Crippen LogP contribution in [0.5, 0.6) is 0 Å². The molecule has 2 amide bonds. The lowest BCUT2D eigenvalue weighted by Gasteiger charge is -2.30. The molecule has 33 heavy (non-hydrogen) atoms. The summed E-state index contributed by atoms with van der Waals surface area (Å²) in [7, 11) is 0. The van der Waals surface area contributed by atoms with Gasteiger partial charge in [0.2, 0.25) is 11.8 Å². The van der Waals surface area contributed by atoms with Gasteiger partial charge in [-0.25, -0.2) is 4.90 Å². The summed E-state index contributed by atoms with van der Waals surface area (Å²) in [6.45, 7) is 1.69. The Balaban J connectivity index is 1.64. The van der Waals surface area contributed by atoms with E-state index in [1.54, 1.807) is 31.2 Å². The second kappa shape index (κ2) is 8.64. The lowest BCUT2D eigenvalue weighted by molar-refractivity contribution is -0.144. The third-order valence-corrected chi connectivity index (χ3v) is 8.42. The zero-order valence-corrected chi connectivity index (χ0v) is 19.3. The number of para-hydroxylation sites is 1. The van der Waals surface area contributed by atoms with Gasteiger partial charge in [-0.1, -0.05) is 71.6 Å². The molecule has 3 heterocycles. The number of nitrogens with zero attached hydrogens (tertiary/aromatic N) is 2. The number of hydrogen-bond acceptors (Lipinski definition) is 7. The van der Waals surface area contributed by atoms with Crippen LogP contribution in [0.1, 0.15) is 23.3 Å². The molecule has 3 aromatic rings. The number of thioether (sulfide) groups is 1. The van der Waals surface area contributed by atoms with E-state index in [2.05, 4.69) is 0 Å². The zero-order valence-electron chi connectivity index (χ0n) is 17.7. The number of rotatable bonds is 5. The molecule has 168 valence electrons. The fourth-order valence-corrected chi connectivity index (χ4v) is 7.22. The van der Waals surface area contributed by atoms with Crippen molar-refractivity contribution in [1.82, 2.24) is 4.57 Å². The fraction of sp³-hybridized carbons (Fsp3) is 0.250. The quantitative estimate of drug-likeness (QED) is 0.412. The largest absolute Gasteiger partial charge is 0.465 e. The van der Waals surface area contributed by atoms with Crippen LogP contribution in [-0.4, -0.2) is 34.2 Å². The molecule has 0 aliphatic carbocycles. The number of hydrogen-bond donors (Lipinski definition) is 0. The Hall–Kier alpha value is -3.17. The fourth-order valence-electron chi connectivity index (χ4n) is 4.44. The van der Waals surface area contributed by atoms with E-state index in [1.807, 2.05) is 36.4 Å². The summed E-state index contributed by atoms with van der Waals surface area (Å²) in [5, 5.41) is -0.137. The first kappa shape index (κ1) is 21.7. The number of benzene rings is 2. The first-order valence-corrected chi connectivity index (χ1v) is 12.2. The van der Waals surface area contributed by atoms with Crippen molar-refractivity contribution in [2.75, 3.05) is 11.5 Å². The van der Waals surface area contributed by atoms with Gasteiger partial charge >= 0.3 is 10.8 Å². The highest BCUT2D eigenvalue weighted by Gasteiger charge is 2.56. The summed E-state index contributed by atoms with van der Waals surface area (Å²) < 4.78 is 6.41. The van der Waals surface area contributed by atoms with Gasteiger partial charge in [-0.15, -0.1) is 0 Å². The topological polar surface area (TPSA) is 85.7 Å². The molecular formula is C24H20N2O5S2. The Labute approximate surface area is 198 Å². The van der Waals surface area contributed by atoms with Crippen molar-refractivity contribution >= 4 is 46.6 Å². The average Bonchev–Trinajstić information content (AvgIpc) is 3.26. The van der Waals surface area contributed by atoms with Crippen LogP contribution in [0.2, 0.25) is 0 Å². The van der Waals surface area contributed by atoms with Crippen LogP contribution >= 0.6 is 23.1 Å². The molecule has 2 aliphatic rings. The van der Waals surface area contributed by atoms with Crippen LogP contribution in [0.25, 0.3) is 0 Å². The van der Waals surface area contributed by atoms with E-state index < -0.39 is 23.1 Å². The molecule has 5 rings (SSSR count). The molecule has 0 saturated carbocycles. The highest BCUT2D eigenvalue weighted by molar-refractivity contribution is 8.00. The second-order valence-electron chi connectivity index (χ2n) is 7.73. The molecule has 1 aromatic heterocycles. The Bertz CT molecular complexity index is 1290. The maximum Gasteiger partial charge on any atom is 0.326 e. The van der Waals surface area contributed by atoms with Gasteiger partial charge in [0.1, 0.15) is 11.8 Å². The van der Waals surface area contributed by atoms with E-state index >= 15 is 0 Å². The zero-order chi connectivity index (χ0) is 23.1. The standard InChI is InChI=1S/C24H20N2O5S2/c1-2-31-16(27)13-25-23-20(33-24(25)30)17(14-9-5-3-6-10-14)18-19(32-23)22(29)26(21(18)28)15-11-7-4-8-12-15/h3-12,17-19H,2,13H2,1H3. The Morgan fingerprint density at radius 2 is 1.64 bits per heavy atom. The van der Waals surface area contributed by atoms with Crippen LogP contribution in [0.4, 0.5) is 5.69 Å². The number of aromatic nitrogens is 1. The second-order valence-corrected chi connectivity index (χ2v) is 9.85. The van der Waals surface area contributed by atoms with Gasteiger partial charge in [0.15, 0.2) is 0 Å². The van der Waals surface area contributed by atoms with E-state index in [4.69, 9.17) is 4.74 Å². The minimum atomic E-state index is -0.696. The van der Waals surface area contributed by atoms with Gasteiger partial charge < -0.3 is 4.74 Å². The lowest BCUT2D eigenvalue weighted by Crippen LogP contribution is -2.32. The van der Waals surface area contributed by atoms with Crippen molar-refractivity contribution in [2.24, 2.45) is 5.92 Å². The lowest BCUT2D eigenvalue weighted by atomic mass is 9.83. The number of thiazole rings is 1. The van der Waals surface area contributed by atoms with Gasteiger partial charge in [0.25, 0.3) is 0 Å². The Morgan fingerprint density at radius 1 is 0.970 bits per heavy atom. The van der Waals surface area contributed by atoms with Crippen LogP contribution in [0.3, 0.4) is 0 Å². The molecule has 0 bridgehead atoms. The number of ether oxygens (including phenoxy) is 1. The molecule has 7 nitrogen and oxygen atoms in total. The maximum atomic E-state index is 13.6. The molecule has 0 radical (unpaired) electrons. The third-order valence-electron chi connectivity index (χ3n) is 5.81. The molecule has 9 heteroatoms. The summed E-state index contributed by atoms with van der Waals surface area (Å²) in [5.74, 6) is -2.21. The minimum Gasteiger partial charge on any atom is -0.465 e. The minimum absolute atomic E-state index is 0.212. The average molecular weight is 481 g/mol.